The number of fused-ring (bicyclic) bond motifs is 1. The summed E-state index contributed by atoms with van der Waals surface area (Å²) in [6.07, 6.45) is 4.32. The van der Waals surface area contributed by atoms with Gasteiger partial charge in [-0.25, -0.2) is 0 Å². The van der Waals surface area contributed by atoms with Crippen molar-refractivity contribution in [3.8, 4) is 0 Å². The fourth-order valence-corrected chi connectivity index (χ4v) is 2.56. The van der Waals surface area contributed by atoms with Gasteiger partial charge in [0.15, 0.2) is 0 Å². The molecule has 0 bridgehead atoms. The van der Waals surface area contributed by atoms with E-state index in [0.29, 0.717) is 0 Å². The summed E-state index contributed by atoms with van der Waals surface area (Å²) in [5.41, 5.74) is 0. The molecule has 1 saturated heterocycles. The van der Waals surface area contributed by atoms with E-state index in [1.165, 1.54) is 0 Å². The Hall–Kier alpha value is -0.276. The van der Waals surface area contributed by atoms with E-state index in [1.54, 1.807) is 12.2 Å². The van der Waals surface area contributed by atoms with E-state index in [9.17, 15) is 9.59 Å². The van der Waals surface area contributed by atoms with E-state index in [4.69, 9.17) is 0 Å². The van der Waals surface area contributed by atoms with Gasteiger partial charge in [-0.1, -0.05) is 12.2 Å². The minimum atomic E-state index is -0.269. The molecule has 2 amide bonds. The molecule has 1 aliphatic heterocycles. The first kappa shape index (κ1) is 15.7. The van der Waals surface area contributed by atoms with Gasteiger partial charge < -0.3 is 22.3 Å². The van der Waals surface area contributed by atoms with Gasteiger partial charge in [-0.05, 0) is 18.3 Å². The molecule has 3 nitrogen and oxygen atoms in total. The number of nitrogens with zero attached hydrogens (tertiary/aromatic N) is 1. The van der Waals surface area contributed by atoms with Crippen molar-refractivity contribution >= 4 is 11.8 Å². The van der Waals surface area contributed by atoms with Gasteiger partial charge in [0.1, 0.15) is 0 Å². The molecule has 2 unspecified atom stereocenters. The predicted molar refractivity (Wildman–Crippen MR) is 58.8 cm³/mol. The fourth-order valence-electron chi connectivity index (χ4n) is 2.56. The van der Waals surface area contributed by atoms with Gasteiger partial charge >= 0.3 is 0 Å². The van der Waals surface area contributed by atoms with Crippen molar-refractivity contribution in [2.45, 2.75) is 6.42 Å². The van der Waals surface area contributed by atoms with Crippen LogP contribution in [0.5, 0.6) is 0 Å². The van der Waals surface area contributed by atoms with E-state index in [-0.39, 0.29) is 75.6 Å². The zero-order chi connectivity index (χ0) is 10.3. The molecule has 1 radical (unpaired) electrons. The van der Waals surface area contributed by atoms with Crippen molar-refractivity contribution in [3.63, 3.8) is 0 Å². The molecule has 1 saturated carbocycles. The molecule has 0 spiro atoms. The molecular weight excluding hydrogens is 279 g/mol. The van der Waals surface area contributed by atoms with Crippen LogP contribution in [0, 0.1) is 31.1 Å². The Morgan fingerprint density at radius 1 is 1.06 bits per heavy atom. The Kier molecular flexibility index (Phi) is 5.77. The molecule has 0 N–H and O–H groups in total. The third-order valence-electron chi connectivity index (χ3n) is 3.25. The second kappa shape index (κ2) is 5.88. The van der Waals surface area contributed by atoms with Crippen molar-refractivity contribution in [2.24, 2.45) is 23.7 Å². The second-order valence-electron chi connectivity index (χ2n) is 3.87. The van der Waals surface area contributed by atoms with E-state index in [2.05, 4.69) is 18.5 Å². The molecule has 2 fully saturated rings. The summed E-state index contributed by atoms with van der Waals surface area (Å²) in [5.74, 6) is -0.883. The van der Waals surface area contributed by atoms with Gasteiger partial charge in [0, 0.05) is 44.5 Å². The van der Waals surface area contributed by atoms with Gasteiger partial charge in [0.05, 0.1) is 11.8 Å². The Bertz CT molecular complexity index is 297. The van der Waals surface area contributed by atoms with Crippen molar-refractivity contribution in [3.05, 3.63) is 38.1 Å². The Morgan fingerprint density at radius 2 is 1.44 bits per heavy atom. The average Bonchev–Trinajstić information content (AvgIpc) is 2.67. The number of imide groups is 1. The molecular formula is C12H15NO2Y-2. The Balaban J connectivity index is 0.00000112. The van der Waals surface area contributed by atoms with Gasteiger partial charge in [-0.2, -0.15) is 0 Å². The molecule has 2 aliphatic rings. The zero-order valence-corrected chi connectivity index (χ0v) is 12.3. The summed E-state index contributed by atoms with van der Waals surface area (Å²) >= 11 is 0. The quantitative estimate of drug-likeness (QED) is 0.445. The van der Waals surface area contributed by atoms with Crippen molar-refractivity contribution in [1.82, 2.24) is 0 Å². The van der Waals surface area contributed by atoms with Crippen LogP contribution in [-0.4, -0.2) is 11.8 Å². The molecule has 2 rings (SSSR count). The van der Waals surface area contributed by atoms with Crippen molar-refractivity contribution in [1.29, 1.82) is 0 Å². The van der Waals surface area contributed by atoms with Crippen LogP contribution in [0.15, 0.2) is 25.3 Å². The average molecular weight is 294 g/mol. The molecule has 4 heteroatoms. The third-order valence-corrected chi connectivity index (χ3v) is 3.25. The normalized spacial score (nSPS) is 35.5. The maximum atomic E-state index is 11.4. The summed E-state index contributed by atoms with van der Waals surface area (Å²) in [6.45, 7) is 7.38. The van der Waals surface area contributed by atoms with Crippen LogP contribution in [0.1, 0.15) is 6.42 Å². The van der Waals surface area contributed by atoms with Gasteiger partial charge in [0.25, 0.3) is 0 Å². The summed E-state index contributed by atoms with van der Waals surface area (Å²) in [5, 5.41) is 3.50. The molecule has 1 aliphatic carbocycles. The summed E-state index contributed by atoms with van der Waals surface area (Å²) in [7, 11) is 0. The Labute approximate surface area is 122 Å². The molecule has 85 valence electrons. The number of carbonyl (C=O) groups excluding carboxylic acids is 2. The number of hydrogen-bond acceptors (Lipinski definition) is 2. The first-order valence-corrected chi connectivity index (χ1v) is 4.73. The molecule has 16 heavy (non-hydrogen) atoms. The molecule has 0 aromatic carbocycles. The van der Waals surface area contributed by atoms with Crippen LogP contribution in [0.2, 0.25) is 0 Å². The number of allylic oxidation sites excluding steroid dienone is 2. The Morgan fingerprint density at radius 3 is 1.75 bits per heavy atom. The monoisotopic (exact) mass is 294 g/mol. The minimum Gasteiger partial charge on any atom is -0.595 e. The van der Waals surface area contributed by atoms with E-state index in [0.717, 1.165) is 6.42 Å². The standard InChI is InChI=1S/C11H13NO2.CH3.Y/c1-3-6-5-7(4-2)9-8(6)10(13)12-11(9)14;;/h3-4,6-9H,1-2,5H2,(H,12,13,14);1H3;/q;-1;/p-1/t6-,7+,8?,9?;;. The fraction of sp³-hybridized carbons (Fsp3) is 0.417. The number of hydrogen-bond donors (Lipinski definition) is 0. The summed E-state index contributed by atoms with van der Waals surface area (Å²) in [4.78, 5) is 22.9. The largest absolute Gasteiger partial charge is 0.595 e. The van der Waals surface area contributed by atoms with Crippen molar-refractivity contribution < 1.29 is 42.3 Å². The zero-order valence-electron chi connectivity index (χ0n) is 9.43. The molecule has 0 aromatic heterocycles. The SMILES string of the molecule is C=C[C@@H]1C[C@H](C=C)C2C(=O)[N-]C(=O)C21.[CH3-].[Y]. The first-order chi connectivity index (χ1) is 6.69. The van der Waals surface area contributed by atoms with E-state index >= 15 is 0 Å². The van der Waals surface area contributed by atoms with Gasteiger partial charge in [-0.3, -0.25) is 0 Å². The van der Waals surface area contributed by atoms with Crippen LogP contribution in [0.25, 0.3) is 5.32 Å². The van der Waals surface area contributed by atoms with Crippen LogP contribution in [0.3, 0.4) is 0 Å². The van der Waals surface area contributed by atoms with Crippen LogP contribution in [-0.2, 0) is 42.3 Å². The maximum Gasteiger partial charge on any atom is 0.0609 e. The maximum absolute atomic E-state index is 11.4. The predicted octanol–water partition coefficient (Wildman–Crippen LogP) is 2.12. The van der Waals surface area contributed by atoms with Gasteiger partial charge in [0.2, 0.25) is 0 Å². The van der Waals surface area contributed by atoms with Crippen LogP contribution < -0.4 is 0 Å². The molecule has 1 heterocycles. The van der Waals surface area contributed by atoms with Gasteiger partial charge in [-0.15, -0.1) is 13.2 Å². The second-order valence-corrected chi connectivity index (χ2v) is 3.87. The first-order valence-electron chi connectivity index (χ1n) is 4.73. The minimum absolute atomic E-state index is 0. The summed E-state index contributed by atoms with van der Waals surface area (Å²) in [6, 6.07) is 0. The molecule has 4 atom stereocenters. The third kappa shape index (κ3) is 2.21. The van der Waals surface area contributed by atoms with Crippen molar-refractivity contribution in [2.75, 3.05) is 0 Å². The van der Waals surface area contributed by atoms with E-state index < -0.39 is 0 Å². The number of rotatable bonds is 2. The topological polar surface area (TPSA) is 48.2 Å². The van der Waals surface area contributed by atoms with Crippen LogP contribution >= 0.6 is 0 Å². The molecule has 0 aromatic rings. The van der Waals surface area contributed by atoms with Crippen LogP contribution in [0.4, 0.5) is 0 Å². The smallest absolute Gasteiger partial charge is 0.0609 e. The summed E-state index contributed by atoms with van der Waals surface area (Å²) < 4.78 is 0. The number of carbonyl (C=O) groups is 2. The number of amides is 2. The van der Waals surface area contributed by atoms with E-state index in [1.807, 2.05) is 0 Å².